The SMILES string of the molecule is COC(=O)CCCC(=O)OCC[S][Sn]([CH3])([S]CCOC(C)=O)[S]CCOC(=O)CCCC(C)C. The Labute approximate surface area is 216 Å². The molecule has 0 aliphatic heterocycles. The van der Waals surface area contributed by atoms with Crippen LogP contribution in [0, 0.1) is 5.92 Å². The van der Waals surface area contributed by atoms with E-state index in [1.54, 1.807) is 0 Å². The van der Waals surface area contributed by atoms with Gasteiger partial charge in [0.05, 0.1) is 0 Å². The number of hydrogen-bond donors (Lipinski definition) is 0. The predicted octanol–water partition coefficient (Wildman–Crippen LogP) is 4.57. The summed E-state index contributed by atoms with van der Waals surface area (Å²) in [5, 5.41) is 0. The van der Waals surface area contributed by atoms with Crippen molar-refractivity contribution in [3.8, 4) is 0 Å². The minimum atomic E-state index is -2.78. The molecule has 34 heavy (non-hydrogen) atoms. The number of ether oxygens (including phenoxy) is 4. The van der Waals surface area contributed by atoms with Gasteiger partial charge in [0, 0.05) is 0 Å². The number of hydrogen-bond acceptors (Lipinski definition) is 11. The molecule has 0 radical (unpaired) electrons. The minimum absolute atomic E-state index is 0.146. The average molecular weight is 647 g/mol. The van der Waals surface area contributed by atoms with Crippen molar-refractivity contribution < 1.29 is 38.1 Å². The van der Waals surface area contributed by atoms with Gasteiger partial charge in [0.1, 0.15) is 0 Å². The Bertz CT molecular complexity index is 621. The first kappa shape index (κ1) is 33.7. The van der Waals surface area contributed by atoms with Crippen molar-refractivity contribution in [2.45, 2.75) is 64.2 Å². The van der Waals surface area contributed by atoms with Gasteiger partial charge in [0.2, 0.25) is 0 Å². The van der Waals surface area contributed by atoms with Crippen LogP contribution < -0.4 is 0 Å². The fourth-order valence-electron chi connectivity index (χ4n) is 2.58. The van der Waals surface area contributed by atoms with Crippen molar-refractivity contribution in [3.63, 3.8) is 0 Å². The van der Waals surface area contributed by atoms with Crippen molar-refractivity contribution in [3.05, 3.63) is 0 Å². The maximum absolute atomic E-state index is 11.9. The van der Waals surface area contributed by atoms with E-state index in [-0.39, 0.29) is 36.7 Å². The van der Waals surface area contributed by atoms with Gasteiger partial charge in [-0.2, -0.15) is 0 Å². The van der Waals surface area contributed by atoms with Crippen LogP contribution in [0.25, 0.3) is 0 Å². The summed E-state index contributed by atoms with van der Waals surface area (Å²) in [5.41, 5.74) is 0. The van der Waals surface area contributed by atoms with E-state index in [1.165, 1.54) is 14.0 Å². The second kappa shape index (κ2) is 20.9. The molecule has 0 amide bonds. The van der Waals surface area contributed by atoms with E-state index >= 15 is 0 Å². The van der Waals surface area contributed by atoms with Crippen LogP contribution in [0.2, 0.25) is 4.94 Å². The molecule has 0 N–H and O–H groups in total. The van der Waals surface area contributed by atoms with Crippen LogP contribution in [0.3, 0.4) is 0 Å². The molecule has 12 heteroatoms. The van der Waals surface area contributed by atoms with Crippen LogP contribution in [0.1, 0.15) is 59.3 Å². The topological polar surface area (TPSA) is 105 Å². The number of carbonyl (C=O) groups excluding carboxylic acids is 4. The molecule has 0 aliphatic rings. The van der Waals surface area contributed by atoms with Crippen LogP contribution in [-0.2, 0) is 38.1 Å². The standard InChI is InChI=1S/C9H18O2S.C8H14O4S.C4H8O2S.CH3.Sn/c1-8(2)4-3-5-9(10)11-6-7-12;1-11-7(9)3-2-4-8(10)12-5-6-13;1-4(5)6-2-3-7;;/h8,12H,3-7H2,1-2H3;13H,2-6H2,1H3;7H,2-3H2,1H3;1H3;/q;;;;+3/p-3. The zero-order valence-corrected chi connectivity index (χ0v) is 26.4. The number of rotatable bonds is 20. The van der Waals surface area contributed by atoms with Gasteiger partial charge >= 0.3 is 217 Å². The number of carbonyl (C=O) groups is 4. The second-order valence-electron chi connectivity index (χ2n) is 7.90. The molecule has 0 spiro atoms. The second-order valence-corrected chi connectivity index (χ2v) is 44.0. The molecule has 0 saturated carbocycles. The van der Waals surface area contributed by atoms with Gasteiger partial charge in [0.25, 0.3) is 0 Å². The number of methoxy groups -OCH3 is 1. The molecule has 0 bridgehead atoms. The Hall–Kier alpha value is -0.271. The Balaban J connectivity index is 4.35. The molecule has 0 aromatic carbocycles. The number of esters is 4. The summed E-state index contributed by atoms with van der Waals surface area (Å²) >= 11 is -2.78. The molecule has 0 rings (SSSR count). The van der Waals surface area contributed by atoms with Gasteiger partial charge in [0.15, 0.2) is 0 Å². The van der Waals surface area contributed by atoms with Crippen LogP contribution in [0.5, 0.6) is 0 Å². The van der Waals surface area contributed by atoms with E-state index < -0.39 is 14.2 Å². The Morgan fingerprint density at radius 1 is 0.735 bits per heavy atom. The van der Waals surface area contributed by atoms with Crippen LogP contribution in [0.4, 0.5) is 0 Å². The van der Waals surface area contributed by atoms with Gasteiger partial charge in [-0.1, -0.05) is 0 Å². The average Bonchev–Trinajstić information content (AvgIpc) is 2.77. The Morgan fingerprint density at radius 2 is 1.18 bits per heavy atom. The first-order valence-corrected chi connectivity index (χ1v) is 27.8. The van der Waals surface area contributed by atoms with Crippen LogP contribution >= 0.6 is 26.8 Å². The molecule has 0 saturated heterocycles. The Morgan fingerprint density at radius 3 is 1.62 bits per heavy atom. The van der Waals surface area contributed by atoms with Gasteiger partial charge in [-0.15, -0.1) is 0 Å². The van der Waals surface area contributed by atoms with Crippen molar-refractivity contribution >= 4 is 64.9 Å². The van der Waals surface area contributed by atoms with Crippen molar-refractivity contribution in [1.29, 1.82) is 0 Å². The fraction of sp³-hybridized carbons (Fsp3) is 0.818. The molecule has 198 valence electrons. The summed E-state index contributed by atoms with van der Waals surface area (Å²) in [6.45, 7) is 6.73. The van der Waals surface area contributed by atoms with E-state index in [0.29, 0.717) is 50.1 Å². The monoisotopic (exact) mass is 648 g/mol. The normalized spacial score (nSPS) is 12.6. The summed E-state index contributed by atoms with van der Waals surface area (Å²) < 4.78 is 20.3. The van der Waals surface area contributed by atoms with Crippen molar-refractivity contribution in [1.82, 2.24) is 0 Å². The van der Waals surface area contributed by atoms with E-state index in [9.17, 15) is 19.2 Å². The van der Waals surface area contributed by atoms with Crippen LogP contribution in [0.15, 0.2) is 0 Å². The molecular formula is C22H40O8S3Sn. The van der Waals surface area contributed by atoms with E-state index in [1.807, 2.05) is 26.8 Å². The van der Waals surface area contributed by atoms with Gasteiger partial charge in [-0.3, -0.25) is 0 Å². The summed E-state index contributed by atoms with van der Waals surface area (Å²) in [5.74, 6) is 1.61. The Kier molecular flexibility index (Phi) is 20.7. The summed E-state index contributed by atoms with van der Waals surface area (Å²) in [6, 6.07) is 0. The molecule has 8 nitrogen and oxygen atoms in total. The summed E-state index contributed by atoms with van der Waals surface area (Å²) in [4.78, 5) is 48.1. The van der Waals surface area contributed by atoms with Gasteiger partial charge in [-0.25, -0.2) is 0 Å². The van der Waals surface area contributed by atoms with Crippen molar-refractivity contribution in [2.75, 3.05) is 44.2 Å². The van der Waals surface area contributed by atoms with E-state index in [0.717, 1.165) is 18.6 Å². The maximum atomic E-state index is 11.9. The third-order valence-corrected chi connectivity index (χ3v) is 40.0. The molecule has 0 fully saturated rings. The van der Waals surface area contributed by atoms with E-state index in [4.69, 9.17) is 14.2 Å². The molecule has 0 aliphatic carbocycles. The third-order valence-electron chi connectivity index (χ3n) is 4.33. The first-order valence-electron chi connectivity index (χ1n) is 11.5. The van der Waals surface area contributed by atoms with Crippen LogP contribution in [-0.4, -0.2) is 82.3 Å². The quantitative estimate of drug-likeness (QED) is 0.0804. The summed E-state index contributed by atoms with van der Waals surface area (Å²) in [6.07, 6.45) is 3.13. The summed E-state index contributed by atoms with van der Waals surface area (Å²) in [7, 11) is 6.86. The fourth-order valence-corrected chi connectivity index (χ4v) is 33.3. The molecule has 0 aromatic heterocycles. The molecule has 0 heterocycles. The van der Waals surface area contributed by atoms with Crippen molar-refractivity contribution in [2.24, 2.45) is 5.92 Å². The first-order chi connectivity index (χ1) is 16.1. The predicted molar refractivity (Wildman–Crippen MR) is 142 cm³/mol. The zero-order valence-electron chi connectivity index (χ0n) is 21.1. The van der Waals surface area contributed by atoms with E-state index in [2.05, 4.69) is 23.5 Å². The molecule has 1 unspecified atom stereocenters. The molecule has 0 aromatic rings. The molecular weight excluding hydrogens is 607 g/mol. The third kappa shape index (κ3) is 21.0. The van der Waals surface area contributed by atoms with Gasteiger partial charge < -0.3 is 0 Å². The van der Waals surface area contributed by atoms with Gasteiger partial charge in [-0.05, 0) is 0 Å². The zero-order chi connectivity index (χ0) is 25.8. The molecule has 1 atom stereocenters.